The van der Waals surface area contributed by atoms with Crippen LogP contribution in [-0.2, 0) is 0 Å². The number of hydrogen-bond donors (Lipinski definition) is 1. The SMILES string of the molecule is C1CCC(NCCN2CC[N]CC2)C1. The fraction of sp³-hybridized carbons (Fsp3) is 1.00. The third-order valence-electron chi connectivity index (χ3n) is 3.36. The second kappa shape index (κ2) is 5.69. The molecule has 81 valence electrons. The molecule has 1 saturated carbocycles. The van der Waals surface area contributed by atoms with Gasteiger partial charge in [-0.25, -0.2) is 5.32 Å². The average molecular weight is 196 g/mol. The van der Waals surface area contributed by atoms with Crippen LogP contribution in [-0.4, -0.2) is 50.2 Å². The molecular weight excluding hydrogens is 174 g/mol. The fourth-order valence-corrected chi connectivity index (χ4v) is 2.43. The zero-order chi connectivity index (χ0) is 9.64. The lowest BCUT2D eigenvalue weighted by Crippen LogP contribution is -2.44. The van der Waals surface area contributed by atoms with Crippen LogP contribution in [0.3, 0.4) is 0 Å². The maximum Gasteiger partial charge on any atom is 0.0261 e. The number of hydrogen-bond acceptors (Lipinski definition) is 2. The molecule has 0 aromatic rings. The first-order chi connectivity index (χ1) is 6.95. The Hall–Kier alpha value is -0.120. The first-order valence-corrected chi connectivity index (χ1v) is 6.04. The summed E-state index contributed by atoms with van der Waals surface area (Å²) in [7, 11) is 0. The van der Waals surface area contributed by atoms with Crippen molar-refractivity contribution in [3.63, 3.8) is 0 Å². The summed E-state index contributed by atoms with van der Waals surface area (Å²) in [5.74, 6) is 0. The van der Waals surface area contributed by atoms with E-state index < -0.39 is 0 Å². The van der Waals surface area contributed by atoms with Gasteiger partial charge in [0.15, 0.2) is 0 Å². The van der Waals surface area contributed by atoms with Crippen LogP contribution in [0, 0.1) is 0 Å². The minimum atomic E-state index is 0.824. The molecule has 0 aromatic carbocycles. The van der Waals surface area contributed by atoms with Gasteiger partial charge in [-0.05, 0) is 12.8 Å². The van der Waals surface area contributed by atoms with E-state index in [0.717, 1.165) is 19.1 Å². The van der Waals surface area contributed by atoms with Gasteiger partial charge in [0, 0.05) is 45.3 Å². The van der Waals surface area contributed by atoms with Gasteiger partial charge in [0.2, 0.25) is 0 Å². The lowest BCUT2D eigenvalue weighted by atomic mass is 10.2. The van der Waals surface area contributed by atoms with Crippen molar-refractivity contribution < 1.29 is 0 Å². The minimum absolute atomic E-state index is 0.824. The van der Waals surface area contributed by atoms with E-state index in [9.17, 15) is 0 Å². The van der Waals surface area contributed by atoms with E-state index in [4.69, 9.17) is 0 Å². The molecule has 1 heterocycles. The van der Waals surface area contributed by atoms with Crippen LogP contribution < -0.4 is 10.6 Å². The molecule has 2 rings (SSSR count). The third kappa shape index (κ3) is 3.23. The molecule has 0 bridgehead atoms. The maximum atomic E-state index is 4.35. The molecule has 0 unspecified atom stereocenters. The summed E-state index contributed by atoms with van der Waals surface area (Å²) in [5.41, 5.74) is 0. The first-order valence-electron chi connectivity index (χ1n) is 6.04. The van der Waals surface area contributed by atoms with Crippen LogP contribution in [0.5, 0.6) is 0 Å². The number of piperazine rings is 1. The Balaban J connectivity index is 1.52. The highest BCUT2D eigenvalue weighted by Gasteiger charge is 2.14. The van der Waals surface area contributed by atoms with Gasteiger partial charge in [-0.3, -0.25) is 4.90 Å². The Kier molecular flexibility index (Phi) is 4.22. The highest BCUT2D eigenvalue weighted by molar-refractivity contribution is 4.75. The lowest BCUT2D eigenvalue weighted by molar-refractivity contribution is 0.235. The quantitative estimate of drug-likeness (QED) is 0.707. The second-order valence-electron chi connectivity index (χ2n) is 4.45. The third-order valence-corrected chi connectivity index (χ3v) is 3.36. The standard InChI is InChI=1S/C11H22N3/c1-2-4-11(3-1)13-7-10-14-8-5-12-6-9-14/h11,13H,1-10H2. The van der Waals surface area contributed by atoms with Gasteiger partial charge in [0.25, 0.3) is 0 Å². The van der Waals surface area contributed by atoms with Crippen molar-refractivity contribution in [2.24, 2.45) is 0 Å². The smallest absolute Gasteiger partial charge is 0.0261 e. The normalized spacial score (nSPS) is 25.7. The van der Waals surface area contributed by atoms with E-state index in [1.54, 1.807) is 0 Å². The topological polar surface area (TPSA) is 29.4 Å². The van der Waals surface area contributed by atoms with Gasteiger partial charge in [-0.2, -0.15) is 0 Å². The summed E-state index contributed by atoms with van der Waals surface area (Å²) in [6, 6.07) is 0.824. The van der Waals surface area contributed by atoms with Crippen LogP contribution in [0.15, 0.2) is 0 Å². The van der Waals surface area contributed by atoms with Gasteiger partial charge in [-0.15, -0.1) is 0 Å². The summed E-state index contributed by atoms with van der Waals surface area (Å²) in [6.45, 7) is 6.82. The Morgan fingerprint density at radius 3 is 2.57 bits per heavy atom. The molecule has 1 aliphatic carbocycles. The Bertz CT molecular complexity index is 149. The van der Waals surface area contributed by atoms with Gasteiger partial charge in [0.1, 0.15) is 0 Å². The molecule has 1 saturated heterocycles. The van der Waals surface area contributed by atoms with Gasteiger partial charge in [-0.1, -0.05) is 12.8 Å². The van der Waals surface area contributed by atoms with E-state index in [1.807, 2.05) is 0 Å². The van der Waals surface area contributed by atoms with Crippen LogP contribution >= 0.6 is 0 Å². The van der Waals surface area contributed by atoms with Crippen LogP contribution in [0.25, 0.3) is 0 Å². The maximum absolute atomic E-state index is 4.35. The molecule has 1 N–H and O–H groups in total. The van der Waals surface area contributed by atoms with Crippen LogP contribution in [0.4, 0.5) is 0 Å². The molecule has 1 radical (unpaired) electrons. The zero-order valence-corrected chi connectivity index (χ0v) is 9.04. The van der Waals surface area contributed by atoms with Crippen molar-refractivity contribution in [1.82, 2.24) is 15.5 Å². The number of nitrogens with zero attached hydrogens (tertiary/aromatic N) is 2. The molecule has 14 heavy (non-hydrogen) atoms. The van der Waals surface area contributed by atoms with Crippen molar-refractivity contribution in [1.29, 1.82) is 0 Å². The highest BCUT2D eigenvalue weighted by atomic mass is 15.2. The Morgan fingerprint density at radius 2 is 1.86 bits per heavy atom. The first kappa shape index (κ1) is 10.4. The largest absolute Gasteiger partial charge is 0.313 e. The number of rotatable bonds is 4. The highest BCUT2D eigenvalue weighted by Crippen LogP contribution is 2.17. The van der Waals surface area contributed by atoms with E-state index in [2.05, 4.69) is 15.5 Å². The molecular formula is C11H22N3. The van der Waals surface area contributed by atoms with E-state index in [0.29, 0.717) is 0 Å². The average Bonchev–Trinajstić information content (AvgIpc) is 2.72. The Morgan fingerprint density at radius 1 is 1.14 bits per heavy atom. The van der Waals surface area contributed by atoms with Crippen molar-refractivity contribution in [3.05, 3.63) is 0 Å². The lowest BCUT2D eigenvalue weighted by Gasteiger charge is -2.26. The van der Waals surface area contributed by atoms with E-state index in [-0.39, 0.29) is 0 Å². The van der Waals surface area contributed by atoms with Gasteiger partial charge < -0.3 is 5.32 Å². The summed E-state index contributed by atoms with van der Waals surface area (Å²) in [5, 5.41) is 8.01. The fourth-order valence-electron chi connectivity index (χ4n) is 2.43. The van der Waals surface area contributed by atoms with E-state index in [1.165, 1.54) is 51.9 Å². The van der Waals surface area contributed by atoms with Crippen LogP contribution in [0.2, 0.25) is 0 Å². The molecule has 0 amide bonds. The second-order valence-corrected chi connectivity index (χ2v) is 4.45. The monoisotopic (exact) mass is 196 g/mol. The summed E-state index contributed by atoms with van der Waals surface area (Å²) < 4.78 is 0. The Labute approximate surface area is 87.2 Å². The molecule has 1 aliphatic heterocycles. The molecule has 2 fully saturated rings. The van der Waals surface area contributed by atoms with Gasteiger partial charge in [0.05, 0.1) is 0 Å². The predicted molar refractivity (Wildman–Crippen MR) is 58.6 cm³/mol. The predicted octanol–water partition coefficient (Wildman–Crippen LogP) is 0.439. The van der Waals surface area contributed by atoms with Crippen molar-refractivity contribution in [2.45, 2.75) is 31.7 Å². The van der Waals surface area contributed by atoms with Crippen molar-refractivity contribution >= 4 is 0 Å². The summed E-state index contributed by atoms with van der Waals surface area (Å²) in [4.78, 5) is 2.52. The number of nitrogens with one attached hydrogen (secondary N) is 1. The summed E-state index contributed by atoms with van der Waals surface area (Å²) >= 11 is 0. The molecule has 0 spiro atoms. The molecule has 0 atom stereocenters. The molecule has 3 heteroatoms. The minimum Gasteiger partial charge on any atom is -0.313 e. The zero-order valence-electron chi connectivity index (χ0n) is 9.04. The molecule has 0 aromatic heterocycles. The van der Waals surface area contributed by atoms with Crippen molar-refractivity contribution in [2.75, 3.05) is 39.3 Å². The van der Waals surface area contributed by atoms with Crippen molar-refractivity contribution in [3.8, 4) is 0 Å². The van der Waals surface area contributed by atoms with Gasteiger partial charge >= 0.3 is 0 Å². The van der Waals surface area contributed by atoms with Crippen LogP contribution in [0.1, 0.15) is 25.7 Å². The molecule has 2 aliphatic rings. The van der Waals surface area contributed by atoms with E-state index >= 15 is 0 Å². The molecule has 3 nitrogen and oxygen atoms in total. The summed E-state index contributed by atoms with van der Waals surface area (Å²) in [6.07, 6.45) is 5.66.